The lowest BCUT2D eigenvalue weighted by Crippen LogP contribution is -2.37. The average Bonchev–Trinajstić information content (AvgIpc) is 3.24. The van der Waals surface area contributed by atoms with Crippen LogP contribution in [0.2, 0.25) is 0 Å². The predicted molar refractivity (Wildman–Crippen MR) is 71.1 cm³/mol. The van der Waals surface area contributed by atoms with Gasteiger partial charge in [0.05, 0.1) is 6.54 Å². The van der Waals surface area contributed by atoms with Crippen molar-refractivity contribution in [2.24, 2.45) is 5.92 Å². The summed E-state index contributed by atoms with van der Waals surface area (Å²) in [6.45, 7) is 0.437. The molecule has 0 aliphatic heterocycles. The molecule has 2 aliphatic rings. The monoisotopic (exact) mass is 244 g/mol. The van der Waals surface area contributed by atoms with Gasteiger partial charge in [0, 0.05) is 12.1 Å². The number of carbonyl (C=O) groups excluding carboxylic acids is 1. The highest BCUT2D eigenvalue weighted by atomic mass is 16.2. The van der Waals surface area contributed by atoms with Gasteiger partial charge in [0.25, 0.3) is 0 Å². The van der Waals surface area contributed by atoms with E-state index in [1.54, 1.807) is 0 Å². The Hall–Kier alpha value is -1.35. The number of hydrogen-bond donors (Lipinski definition) is 2. The van der Waals surface area contributed by atoms with Crippen LogP contribution in [0.4, 0.5) is 0 Å². The van der Waals surface area contributed by atoms with Crippen LogP contribution in [0.15, 0.2) is 30.3 Å². The van der Waals surface area contributed by atoms with Crippen LogP contribution < -0.4 is 10.6 Å². The first-order valence-corrected chi connectivity index (χ1v) is 6.90. The molecule has 1 aromatic rings. The Kier molecular flexibility index (Phi) is 3.33. The number of amides is 1. The minimum atomic E-state index is 0.138. The topological polar surface area (TPSA) is 41.1 Å². The SMILES string of the molecule is O=C(CNC(c1ccccc1)C1CC1)NC1CC1. The van der Waals surface area contributed by atoms with E-state index in [9.17, 15) is 4.79 Å². The van der Waals surface area contributed by atoms with Crippen LogP contribution in [-0.2, 0) is 4.79 Å². The van der Waals surface area contributed by atoms with E-state index in [1.807, 2.05) is 6.07 Å². The van der Waals surface area contributed by atoms with Crippen molar-refractivity contribution in [1.29, 1.82) is 0 Å². The molecule has 3 rings (SSSR count). The Labute approximate surface area is 108 Å². The zero-order chi connectivity index (χ0) is 12.4. The van der Waals surface area contributed by atoms with Gasteiger partial charge in [0.2, 0.25) is 5.91 Å². The molecular formula is C15H20N2O. The first kappa shape index (κ1) is 11.7. The summed E-state index contributed by atoms with van der Waals surface area (Å²) in [6, 6.07) is 11.3. The van der Waals surface area contributed by atoms with Crippen LogP contribution in [0.1, 0.15) is 37.3 Å². The van der Waals surface area contributed by atoms with Crippen LogP contribution in [0.3, 0.4) is 0 Å². The van der Waals surface area contributed by atoms with E-state index in [-0.39, 0.29) is 5.91 Å². The van der Waals surface area contributed by atoms with Crippen LogP contribution in [0, 0.1) is 5.92 Å². The molecular weight excluding hydrogens is 224 g/mol. The molecule has 0 spiro atoms. The van der Waals surface area contributed by atoms with Gasteiger partial charge in [0.15, 0.2) is 0 Å². The van der Waals surface area contributed by atoms with Crippen molar-refractivity contribution in [3.8, 4) is 0 Å². The molecule has 0 radical (unpaired) electrons. The van der Waals surface area contributed by atoms with E-state index < -0.39 is 0 Å². The first-order chi connectivity index (χ1) is 8.83. The molecule has 2 saturated carbocycles. The highest BCUT2D eigenvalue weighted by molar-refractivity contribution is 5.78. The summed E-state index contributed by atoms with van der Waals surface area (Å²) < 4.78 is 0. The molecule has 0 bridgehead atoms. The van der Waals surface area contributed by atoms with E-state index in [4.69, 9.17) is 0 Å². The Bertz CT molecular complexity index is 410. The molecule has 2 N–H and O–H groups in total. The maximum Gasteiger partial charge on any atom is 0.234 e. The summed E-state index contributed by atoms with van der Waals surface area (Å²) in [5.74, 6) is 0.847. The third-order valence-electron chi connectivity index (χ3n) is 3.68. The molecule has 3 heteroatoms. The first-order valence-electron chi connectivity index (χ1n) is 6.90. The standard InChI is InChI=1S/C15H20N2O/c18-14(17-13-8-9-13)10-16-15(12-6-7-12)11-4-2-1-3-5-11/h1-5,12-13,15-16H,6-10H2,(H,17,18). The summed E-state index contributed by atoms with van der Waals surface area (Å²) in [4.78, 5) is 11.7. The van der Waals surface area contributed by atoms with Gasteiger partial charge in [-0.15, -0.1) is 0 Å². The Morgan fingerprint density at radius 1 is 1.17 bits per heavy atom. The Morgan fingerprint density at radius 3 is 2.50 bits per heavy atom. The predicted octanol–water partition coefficient (Wildman–Crippen LogP) is 2.01. The lowest BCUT2D eigenvalue weighted by molar-refractivity contribution is -0.120. The second kappa shape index (κ2) is 5.11. The van der Waals surface area contributed by atoms with Gasteiger partial charge < -0.3 is 10.6 Å². The lowest BCUT2D eigenvalue weighted by Gasteiger charge is -2.18. The molecule has 1 amide bonds. The lowest BCUT2D eigenvalue weighted by atomic mass is 10.0. The molecule has 0 saturated heterocycles. The van der Waals surface area contributed by atoms with Crippen molar-refractivity contribution < 1.29 is 4.79 Å². The number of nitrogens with one attached hydrogen (secondary N) is 2. The van der Waals surface area contributed by atoms with Crippen molar-refractivity contribution in [2.75, 3.05) is 6.54 Å². The number of benzene rings is 1. The fourth-order valence-electron chi connectivity index (χ4n) is 2.36. The van der Waals surface area contributed by atoms with Gasteiger partial charge in [-0.05, 0) is 37.2 Å². The average molecular weight is 244 g/mol. The highest BCUT2D eigenvalue weighted by Gasteiger charge is 2.32. The Morgan fingerprint density at radius 2 is 1.89 bits per heavy atom. The molecule has 2 fully saturated rings. The minimum Gasteiger partial charge on any atom is -0.352 e. The van der Waals surface area contributed by atoms with Gasteiger partial charge in [-0.25, -0.2) is 0 Å². The molecule has 2 aliphatic carbocycles. The van der Waals surface area contributed by atoms with Gasteiger partial charge in [-0.3, -0.25) is 4.79 Å². The minimum absolute atomic E-state index is 0.138. The van der Waals surface area contributed by atoms with Crippen molar-refractivity contribution in [1.82, 2.24) is 10.6 Å². The molecule has 18 heavy (non-hydrogen) atoms. The summed E-state index contributed by atoms with van der Waals surface area (Å²) in [7, 11) is 0. The van der Waals surface area contributed by atoms with E-state index in [1.165, 1.54) is 18.4 Å². The van der Waals surface area contributed by atoms with E-state index in [2.05, 4.69) is 34.9 Å². The molecule has 0 aromatic heterocycles. The summed E-state index contributed by atoms with van der Waals surface area (Å²) in [6.07, 6.45) is 4.85. The van der Waals surface area contributed by atoms with Crippen molar-refractivity contribution in [3.05, 3.63) is 35.9 Å². The number of carbonyl (C=O) groups is 1. The molecule has 1 unspecified atom stereocenters. The number of rotatable bonds is 6. The quantitative estimate of drug-likeness (QED) is 0.803. The third kappa shape index (κ3) is 3.10. The van der Waals surface area contributed by atoms with Crippen LogP contribution in [-0.4, -0.2) is 18.5 Å². The normalized spacial score (nSPS) is 20.4. The second-order valence-electron chi connectivity index (χ2n) is 5.45. The molecule has 3 nitrogen and oxygen atoms in total. The summed E-state index contributed by atoms with van der Waals surface area (Å²) in [5.41, 5.74) is 1.30. The summed E-state index contributed by atoms with van der Waals surface area (Å²) >= 11 is 0. The highest BCUT2D eigenvalue weighted by Crippen LogP contribution is 2.40. The fraction of sp³-hybridized carbons (Fsp3) is 0.533. The van der Waals surface area contributed by atoms with Gasteiger partial charge in [0.1, 0.15) is 0 Å². The van der Waals surface area contributed by atoms with Gasteiger partial charge in [-0.1, -0.05) is 30.3 Å². The van der Waals surface area contributed by atoms with Crippen LogP contribution in [0.5, 0.6) is 0 Å². The molecule has 0 heterocycles. The zero-order valence-electron chi connectivity index (χ0n) is 10.6. The van der Waals surface area contributed by atoms with Gasteiger partial charge >= 0.3 is 0 Å². The van der Waals surface area contributed by atoms with Crippen molar-refractivity contribution in [3.63, 3.8) is 0 Å². The van der Waals surface area contributed by atoms with Crippen molar-refractivity contribution >= 4 is 5.91 Å². The van der Waals surface area contributed by atoms with Crippen LogP contribution in [0.25, 0.3) is 0 Å². The zero-order valence-corrected chi connectivity index (χ0v) is 10.6. The largest absolute Gasteiger partial charge is 0.352 e. The maximum absolute atomic E-state index is 11.7. The number of hydrogen-bond acceptors (Lipinski definition) is 2. The van der Waals surface area contributed by atoms with E-state index in [0.717, 1.165) is 12.8 Å². The molecule has 1 atom stereocenters. The van der Waals surface area contributed by atoms with Crippen molar-refractivity contribution in [2.45, 2.75) is 37.8 Å². The fourth-order valence-corrected chi connectivity index (χ4v) is 2.36. The second-order valence-corrected chi connectivity index (χ2v) is 5.45. The maximum atomic E-state index is 11.7. The third-order valence-corrected chi connectivity index (χ3v) is 3.68. The van der Waals surface area contributed by atoms with Gasteiger partial charge in [-0.2, -0.15) is 0 Å². The van der Waals surface area contributed by atoms with E-state index in [0.29, 0.717) is 24.5 Å². The smallest absolute Gasteiger partial charge is 0.234 e. The molecule has 1 aromatic carbocycles. The van der Waals surface area contributed by atoms with Crippen LogP contribution >= 0.6 is 0 Å². The van der Waals surface area contributed by atoms with E-state index >= 15 is 0 Å². The molecule has 96 valence electrons. The Balaban J connectivity index is 1.55. The summed E-state index contributed by atoms with van der Waals surface area (Å²) in [5, 5.41) is 6.44.